The molecule has 0 amide bonds. The summed E-state index contributed by atoms with van der Waals surface area (Å²) in [6, 6.07) is 6.17. The molecule has 0 atom stereocenters. The lowest BCUT2D eigenvalue weighted by Crippen LogP contribution is -2.35. The summed E-state index contributed by atoms with van der Waals surface area (Å²) in [5, 5.41) is 0. The topological polar surface area (TPSA) is 54.5 Å². The van der Waals surface area contributed by atoms with Gasteiger partial charge in [0.05, 0.1) is 4.90 Å². The number of piperidine rings is 1. The van der Waals surface area contributed by atoms with Gasteiger partial charge in [0.15, 0.2) is 5.78 Å². The lowest BCUT2D eigenvalue weighted by atomic mass is 10.2. The quantitative estimate of drug-likeness (QED) is 0.788. The molecule has 98 valence electrons. The molecular weight excluding hydrogens is 250 g/mol. The maximum absolute atomic E-state index is 12.3. The maximum Gasteiger partial charge on any atom is 0.243 e. The molecule has 1 aliphatic heterocycles. The van der Waals surface area contributed by atoms with E-state index in [1.807, 2.05) is 0 Å². The number of sulfonamides is 1. The van der Waals surface area contributed by atoms with E-state index in [0.717, 1.165) is 19.3 Å². The van der Waals surface area contributed by atoms with Gasteiger partial charge < -0.3 is 0 Å². The first-order valence-corrected chi connectivity index (χ1v) is 7.57. The first-order valence-electron chi connectivity index (χ1n) is 6.13. The average Bonchev–Trinajstić information content (AvgIpc) is 2.40. The molecule has 0 saturated carbocycles. The molecule has 1 fully saturated rings. The lowest BCUT2D eigenvalue weighted by Gasteiger charge is -2.25. The van der Waals surface area contributed by atoms with E-state index in [9.17, 15) is 13.2 Å². The highest BCUT2D eigenvalue weighted by Gasteiger charge is 2.25. The lowest BCUT2D eigenvalue weighted by molar-refractivity contribution is 0.101. The number of nitrogens with zero attached hydrogens (tertiary/aromatic N) is 1. The van der Waals surface area contributed by atoms with Gasteiger partial charge in [-0.15, -0.1) is 0 Å². The summed E-state index contributed by atoms with van der Waals surface area (Å²) in [5.74, 6) is -0.0584. The fraction of sp³-hybridized carbons (Fsp3) is 0.462. The monoisotopic (exact) mass is 267 g/mol. The predicted octanol–water partition coefficient (Wildman–Crippen LogP) is 2.06. The smallest absolute Gasteiger partial charge is 0.243 e. The molecule has 1 aliphatic rings. The second-order valence-electron chi connectivity index (χ2n) is 4.55. The standard InChI is InChI=1S/C13H17NO3S/c1-11(15)12-5-7-13(8-6-12)18(16,17)14-9-3-2-4-10-14/h5-8H,2-4,9-10H2,1H3. The largest absolute Gasteiger partial charge is 0.295 e. The molecule has 0 spiro atoms. The van der Waals surface area contributed by atoms with Crippen LogP contribution in [-0.4, -0.2) is 31.6 Å². The van der Waals surface area contributed by atoms with Crippen LogP contribution < -0.4 is 0 Å². The van der Waals surface area contributed by atoms with Crippen molar-refractivity contribution in [1.82, 2.24) is 4.31 Å². The van der Waals surface area contributed by atoms with E-state index in [4.69, 9.17) is 0 Å². The number of carbonyl (C=O) groups is 1. The van der Waals surface area contributed by atoms with E-state index in [0.29, 0.717) is 18.7 Å². The second kappa shape index (κ2) is 5.20. The molecule has 0 bridgehead atoms. The molecule has 1 aromatic carbocycles. The average molecular weight is 267 g/mol. The maximum atomic E-state index is 12.3. The molecule has 0 N–H and O–H groups in total. The predicted molar refractivity (Wildman–Crippen MR) is 69.1 cm³/mol. The molecule has 4 nitrogen and oxygen atoms in total. The van der Waals surface area contributed by atoms with Crippen molar-refractivity contribution >= 4 is 15.8 Å². The van der Waals surface area contributed by atoms with Crippen LogP contribution in [0, 0.1) is 0 Å². The van der Waals surface area contributed by atoms with Gasteiger partial charge in [-0.05, 0) is 31.9 Å². The molecule has 0 radical (unpaired) electrons. The van der Waals surface area contributed by atoms with Crippen molar-refractivity contribution < 1.29 is 13.2 Å². The summed E-state index contributed by atoms with van der Waals surface area (Å²) < 4.78 is 26.1. The Morgan fingerprint density at radius 1 is 1.06 bits per heavy atom. The first kappa shape index (κ1) is 13.2. The number of Topliss-reactive ketones (excluding diaryl/α,β-unsaturated/α-hetero) is 1. The van der Waals surface area contributed by atoms with E-state index < -0.39 is 10.0 Å². The van der Waals surface area contributed by atoms with Gasteiger partial charge in [0, 0.05) is 18.7 Å². The first-order chi connectivity index (χ1) is 8.51. The number of carbonyl (C=O) groups excluding carboxylic acids is 1. The van der Waals surface area contributed by atoms with Crippen molar-refractivity contribution in [1.29, 1.82) is 0 Å². The van der Waals surface area contributed by atoms with E-state index in [1.165, 1.54) is 23.4 Å². The third kappa shape index (κ3) is 2.62. The number of benzene rings is 1. The van der Waals surface area contributed by atoms with Gasteiger partial charge in [-0.25, -0.2) is 8.42 Å². The Kier molecular flexibility index (Phi) is 3.82. The van der Waals surface area contributed by atoms with Crippen LogP contribution in [0.2, 0.25) is 0 Å². The second-order valence-corrected chi connectivity index (χ2v) is 6.48. The number of hydrogen-bond acceptors (Lipinski definition) is 3. The third-order valence-electron chi connectivity index (χ3n) is 3.21. The Bertz CT molecular complexity index is 528. The van der Waals surface area contributed by atoms with Gasteiger partial charge in [-0.3, -0.25) is 4.79 Å². The van der Waals surface area contributed by atoms with Crippen LogP contribution in [0.1, 0.15) is 36.5 Å². The van der Waals surface area contributed by atoms with Gasteiger partial charge in [-0.2, -0.15) is 4.31 Å². The van der Waals surface area contributed by atoms with Crippen molar-refractivity contribution in [2.45, 2.75) is 31.1 Å². The van der Waals surface area contributed by atoms with Crippen molar-refractivity contribution in [3.8, 4) is 0 Å². The zero-order chi connectivity index (χ0) is 13.2. The summed E-state index contributed by atoms with van der Waals surface area (Å²) in [6.07, 6.45) is 2.94. The third-order valence-corrected chi connectivity index (χ3v) is 5.13. The molecule has 5 heteroatoms. The van der Waals surface area contributed by atoms with Gasteiger partial charge in [0.25, 0.3) is 0 Å². The van der Waals surface area contributed by atoms with Crippen molar-refractivity contribution in [3.63, 3.8) is 0 Å². The minimum atomic E-state index is -3.38. The summed E-state index contributed by atoms with van der Waals surface area (Å²) in [7, 11) is -3.38. The van der Waals surface area contributed by atoms with Crippen LogP contribution in [0.15, 0.2) is 29.2 Å². The molecule has 1 saturated heterocycles. The van der Waals surface area contributed by atoms with Crippen LogP contribution in [-0.2, 0) is 10.0 Å². The summed E-state index contributed by atoms with van der Waals surface area (Å²) in [4.78, 5) is 11.4. The highest BCUT2D eigenvalue weighted by atomic mass is 32.2. The highest BCUT2D eigenvalue weighted by molar-refractivity contribution is 7.89. The van der Waals surface area contributed by atoms with Gasteiger partial charge in [-0.1, -0.05) is 18.6 Å². The molecule has 1 heterocycles. The van der Waals surface area contributed by atoms with E-state index in [1.54, 1.807) is 12.1 Å². The van der Waals surface area contributed by atoms with E-state index >= 15 is 0 Å². The fourth-order valence-electron chi connectivity index (χ4n) is 2.12. The molecule has 2 rings (SSSR count). The van der Waals surface area contributed by atoms with Crippen LogP contribution in [0.4, 0.5) is 0 Å². The van der Waals surface area contributed by atoms with Crippen LogP contribution in [0.25, 0.3) is 0 Å². The molecule has 0 unspecified atom stereocenters. The molecule has 0 aromatic heterocycles. The minimum Gasteiger partial charge on any atom is -0.295 e. The Hall–Kier alpha value is -1.20. The van der Waals surface area contributed by atoms with Crippen LogP contribution in [0.3, 0.4) is 0 Å². The van der Waals surface area contributed by atoms with E-state index in [-0.39, 0.29) is 10.7 Å². The van der Waals surface area contributed by atoms with Crippen molar-refractivity contribution in [2.75, 3.05) is 13.1 Å². The zero-order valence-electron chi connectivity index (χ0n) is 10.4. The van der Waals surface area contributed by atoms with Gasteiger partial charge >= 0.3 is 0 Å². The molecule has 1 aromatic rings. The highest BCUT2D eigenvalue weighted by Crippen LogP contribution is 2.20. The van der Waals surface area contributed by atoms with E-state index in [2.05, 4.69) is 0 Å². The number of hydrogen-bond donors (Lipinski definition) is 0. The van der Waals surface area contributed by atoms with Crippen molar-refractivity contribution in [2.24, 2.45) is 0 Å². The van der Waals surface area contributed by atoms with Gasteiger partial charge in [0.1, 0.15) is 0 Å². The van der Waals surface area contributed by atoms with Crippen LogP contribution >= 0.6 is 0 Å². The molecule has 18 heavy (non-hydrogen) atoms. The Labute approximate surface area is 108 Å². The number of ketones is 1. The Morgan fingerprint density at radius 3 is 2.11 bits per heavy atom. The summed E-state index contributed by atoms with van der Waals surface area (Å²) in [6.45, 7) is 2.65. The summed E-state index contributed by atoms with van der Waals surface area (Å²) >= 11 is 0. The fourth-order valence-corrected chi connectivity index (χ4v) is 3.63. The van der Waals surface area contributed by atoms with Crippen LogP contribution in [0.5, 0.6) is 0 Å². The normalized spacial score (nSPS) is 17.6. The Balaban J connectivity index is 2.26. The minimum absolute atomic E-state index is 0.0584. The SMILES string of the molecule is CC(=O)c1ccc(S(=O)(=O)N2CCCCC2)cc1. The number of rotatable bonds is 3. The van der Waals surface area contributed by atoms with Gasteiger partial charge in [0.2, 0.25) is 10.0 Å². The summed E-state index contributed by atoms with van der Waals surface area (Å²) in [5.41, 5.74) is 0.535. The van der Waals surface area contributed by atoms with Crippen molar-refractivity contribution in [3.05, 3.63) is 29.8 Å². The zero-order valence-corrected chi connectivity index (χ0v) is 11.2. The molecule has 0 aliphatic carbocycles. The Morgan fingerprint density at radius 2 is 1.61 bits per heavy atom. The molecular formula is C13H17NO3S.